The molecular weight excluding hydrogens is 361 g/mol. The number of benzene rings is 2. The lowest BCUT2D eigenvalue weighted by molar-refractivity contribution is 0.285. The Kier molecular flexibility index (Phi) is 6.58. The number of nitrogens with zero attached hydrogens (tertiary/aromatic N) is 2. The third kappa shape index (κ3) is 5.37. The van der Waals surface area contributed by atoms with E-state index in [1.807, 2.05) is 18.2 Å². The number of halogens is 1. The highest BCUT2D eigenvalue weighted by atomic mass is 32.1. The molecule has 2 aromatic rings. The molecule has 0 heterocycles. The molecule has 1 saturated carbocycles. The lowest BCUT2D eigenvalue weighted by Gasteiger charge is -2.25. The van der Waals surface area contributed by atoms with Crippen molar-refractivity contribution in [3.8, 4) is 0 Å². The van der Waals surface area contributed by atoms with E-state index >= 15 is 0 Å². The average Bonchev–Trinajstić information content (AvgIpc) is 2.66. The van der Waals surface area contributed by atoms with Crippen LogP contribution in [0.2, 0.25) is 0 Å². The average molecular weight is 388 g/mol. The van der Waals surface area contributed by atoms with Gasteiger partial charge >= 0.3 is 0 Å². The van der Waals surface area contributed by atoms with E-state index < -0.39 is 0 Å². The molecule has 0 radical (unpaired) electrons. The molecule has 144 valence electrons. The standard InChI is InChI=1S/C20H26FN5S/c21-18-9-5-4-6-14(18)13-26(23)25-20(22)17-12-16(27)10-11-19(17)24-15-7-2-1-3-8-15/h4-6,9-12,15,24,27H,1-3,7-8,13,23H2,(H2,22,25). The van der Waals surface area contributed by atoms with Gasteiger partial charge in [0.25, 0.3) is 0 Å². The fraction of sp³-hybridized carbons (Fsp3) is 0.350. The molecular formula is C20H26FN5S. The van der Waals surface area contributed by atoms with Crippen molar-refractivity contribution in [1.29, 1.82) is 0 Å². The molecule has 0 saturated heterocycles. The van der Waals surface area contributed by atoms with Crippen LogP contribution >= 0.6 is 12.6 Å². The molecule has 0 aromatic heterocycles. The third-order valence-corrected chi connectivity index (χ3v) is 5.05. The fourth-order valence-corrected chi connectivity index (χ4v) is 3.57. The summed E-state index contributed by atoms with van der Waals surface area (Å²) in [7, 11) is 0. The van der Waals surface area contributed by atoms with Crippen molar-refractivity contribution in [2.24, 2.45) is 16.7 Å². The topological polar surface area (TPSA) is 79.7 Å². The predicted octanol–water partition coefficient (Wildman–Crippen LogP) is 3.86. The molecule has 0 atom stereocenters. The molecule has 0 aliphatic heterocycles. The van der Waals surface area contributed by atoms with Crippen molar-refractivity contribution in [3.05, 3.63) is 59.4 Å². The molecule has 5 N–H and O–H groups in total. The first-order valence-electron chi connectivity index (χ1n) is 9.22. The van der Waals surface area contributed by atoms with Crippen molar-refractivity contribution in [1.82, 2.24) is 5.12 Å². The maximum absolute atomic E-state index is 13.8. The number of nitrogens with two attached hydrogens (primary N) is 2. The number of hydrogen-bond donors (Lipinski definition) is 4. The maximum Gasteiger partial charge on any atom is 0.154 e. The number of rotatable bonds is 6. The Morgan fingerprint density at radius 1 is 1.19 bits per heavy atom. The minimum atomic E-state index is -0.321. The summed E-state index contributed by atoms with van der Waals surface area (Å²) in [6, 6.07) is 12.6. The summed E-state index contributed by atoms with van der Waals surface area (Å²) in [6.45, 7) is 0.124. The molecule has 1 fully saturated rings. The smallest absolute Gasteiger partial charge is 0.154 e. The highest BCUT2D eigenvalue weighted by molar-refractivity contribution is 7.80. The van der Waals surface area contributed by atoms with Crippen LogP contribution in [0.4, 0.5) is 10.1 Å². The van der Waals surface area contributed by atoms with Gasteiger partial charge in [0.2, 0.25) is 0 Å². The van der Waals surface area contributed by atoms with Gasteiger partial charge in [-0.05, 0) is 37.1 Å². The molecule has 5 nitrogen and oxygen atoms in total. The highest BCUT2D eigenvalue weighted by Crippen LogP contribution is 2.25. The first-order valence-corrected chi connectivity index (χ1v) is 9.67. The van der Waals surface area contributed by atoms with Gasteiger partial charge in [-0.25, -0.2) is 15.4 Å². The van der Waals surface area contributed by atoms with Gasteiger partial charge in [-0.15, -0.1) is 17.7 Å². The first kappa shape index (κ1) is 19.5. The molecule has 3 rings (SSSR count). The summed E-state index contributed by atoms with van der Waals surface area (Å²) in [5.74, 6) is 5.89. The van der Waals surface area contributed by atoms with Crippen LogP contribution in [0.5, 0.6) is 0 Å². The largest absolute Gasteiger partial charge is 0.382 e. The monoisotopic (exact) mass is 387 g/mol. The Labute approximate surface area is 165 Å². The summed E-state index contributed by atoms with van der Waals surface area (Å²) in [4.78, 5) is 0.787. The van der Waals surface area contributed by atoms with E-state index in [0.717, 1.165) is 34.1 Å². The second kappa shape index (κ2) is 9.10. The first-order chi connectivity index (χ1) is 13.0. The van der Waals surface area contributed by atoms with Gasteiger partial charge in [0.15, 0.2) is 5.84 Å². The molecule has 1 aliphatic rings. The lowest BCUT2D eigenvalue weighted by Crippen LogP contribution is -2.30. The number of hydrazone groups is 1. The Bertz CT molecular complexity index is 805. The maximum atomic E-state index is 13.8. The van der Waals surface area contributed by atoms with Crippen LogP contribution in [0.1, 0.15) is 43.2 Å². The van der Waals surface area contributed by atoms with Crippen LogP contribution in [-0.2, 0) is 6.54 Å². The number of nitrogens with one attached hydrogen (secondary N) is 1. The summed E-state index contributed by atoms with van der Waals surface area (Å²) < 4.78 is 13.8. The zero-order chi connectivity index (χ0) is 19.2. The van der Waals surface area contributed by atoms with Crippen molar-refractivity contribution >= 4 is 24.2 Å². The van der Waals surface area contributed by atoms with Crippen LogP contribution < -0.4 is 16.9 Å². The van der Waals surface area contributed by atoms with E-state index in [4.69, 9.17) is 11.6 Å². The molecule has 0 amide bonds. The molecule has 1 aliphatic carbocycles. The van der Waals surface area contributed by atoms with Crippen LogP contribution in [0, 0.1) is 5.82 Å². The summed E-state index contributed by atoms with van der Waals surface area (Å²) in [5.41, 5.74) is 8.35. The SMILES string of the molecule is N/C(=N\N(N)Cc1ccccc1F)c1cc(S)ccc1NC1CCCCC1. The molecule has 2 aromatic carbocycles. The van der Waals surface area contributed by atoms with Gasteiger partial charge in [-0.1, -0.05) is 37.5 Å². The fourth-order valence-electron chi connectivity index (χ4n) is 3.37. The van der Waals surface area contributed by atoms with Crippen molar-refractivity contribution in [2.75, 3.05) is 5.32 Å². The van der Waals surface area contributed by atoms with E-state index in [0.29, 0.717) is 11.6 Å². The summed E-state index contributed by atoms with van der Waals surface area (Å²) in [5, 5.41) is 8.97. The number of thiol groups is 1. The van der Waals surface area contributed by atoms with E-state index in [2.05, 4.69) is 23.0 Å². The second-order valence-electron chi connectivity index (χ2n) is 6.88. The summed E-state index contributed by atoms with van der Waals surface area (Å²) >= 11 is 4.41. The van der Waals surface area contributed by atoms with Gasteiger partial charge in [0.05, 0.1) is 6.54 Å². The number of hydrogen-bond acceptors (Lipinski definition) is 5. The van der Waals surface area contributed by atoms with Gasteiger partial charge in [0, 0.05) is 27.8 Å². The predicted molar refractivity (Wildman–Crippen MR) is 111 cm³/mol. The highest BCUT2D eigenvalue weighted by Gasteiger charge is 2.16. The Morgan fingerprint density at radius 2 is 1.93 bits per heavy atom. The van der Waals surface area contributed by atoms with Gasteiger partial charge in [-0.2, -0.15) is 0 Å². The number of hydrazine groups is 1. The third-order valence-electron chi connectivity index (χ3n) is 4.77. The minimum absolute atomic E-state index is 0.124. The van der Waals surface area contributed by atoms with Crippen molar-refractivity contribution in [2.45, 2.75) is 49.6 Å². The zero-order valence-electron chi connectivity index (χ0n) is 15.2. The molecule has 7 heteroatoms. The molecule has 27 heavy (non-hydrogen) atoms. The molecule has 0 spiro atoms. The molecule has 0 unspecified atom stereocenters. The lowest BCUT2D eigenvalue weighted by atomic mass is 9.95. The van der Waals surface area contributed by atoms with Gasteiger partial charge < -0.3 is 11.1 Å². The summed E-state index contributed by atoms with van der Waals surface area (Å²) in [6.07, 6.45) is 6.06. The Hall–Kier alpha value is -2.25. The Morgan fingerprint density at radius 3 is 2.67 bits per heavy atom. The number of anilines is 1. The van der Waals surface area contributed by atoms with Crippen LogP contribution in [0.3, 0.4) is 0 Å². The van der Waals surface area contributed by atoms with Crippen molar-refractivity contribution < 1.29 is 4.39 Å². The van der Waals surface area contributed by atoms with Gasteiger partial charge in [-0.3, -0.25) is 0 Å². The van der Waals surface area contributed by atoms with Crippen LogP contribution in [0.25, 0.3) is 0 Å². The van der Waals surface area contributed by atoms with Crippen LogP contribution in [-0.4, -0.2) is 17.0 Å². The van der Waals surface area contributed by atoms with E-state index in [9.17, 15) is 4.39 Å². The van der Waals surface area contributed by atoms with Crippen LogP contribution in [0.15, 0.2) is 52.5 Å². The molecule has 0 bridgehead atoms. The quantitative estimate of drug-likeness (QED) is 0.200. The Balaban J connectivity index is 1.77. The second-order valence-corrected chi connectivity index (χ2v) is 7.40. The minimum Gasteiger partial charge on any atom is -0.382 e. The van der Waals surface area contributed by atoms with Gasteiger partial charge in [0.1, 0.15) is 5.82 Å². The van der Waals surface area contributed by atoms with Crippen molar-refractivity contribution in [3.63, 3.8) is 0 Å². The normalized spacial score (nSPS) is 15.6. The van der Waals surface area contributed by atoms with E-state index in [-0.39, 0.29) is 18.2 Å². The van der Waals surface area contributed by atoms with E-state index in [1.165, 1.54) is 25.3 Å². The van der Waals surface area contributed by atoms with E-state index in [1.54, 1.807) is 18.2 Å². The zero-order valence-corrected chi connectivity index (χ0v) is 16.1. The number of amidine groups is 1.